The van der Waals surface area contributed by atoms with Crippen molar-refractivity contribution in [2.75, 3.05) is 5.75 Å². The number of nitrogens with one attached hydrogen (secondary N) is 1. The Kier molecular flexibility index (Phi) is 40.1. The number of aliphatic hydroxyl groups is 2. The van der Waals surface area contributed by atoms with E-state index in [1.165, 1.54) is 147 Å². The second-order valence-corrected chi connectivity index (χ2v) is 17.7. The largest absolute Gasteiger partial charge is 0.387 e. The van der Waals surface area contributed by atoms with Crippen molar-refractivity contribution in [2.24, 2.45) is 0 Å². The van der Waals surface area contributed by atoms with Crippen molar-refractivity contribution in [3.05, 3.63) is 48.6 Å². The first-order valence-electron chi connectivity index (χ1n) is 23.4. The van der Waals surface area contributed by atoms with Gasteiger partial charge in [-0.05, 0) is 70.6 Å². The lowest BCUT2D eigenvalue weighted by molar-refractivity contribution is -0.130. The summed E-state index contributed by atoms with van der Waals surface area (Å²) in [5, 5.41) is 23.4. The van der Waals surface area contributed by atoms with Gasteiger partial charge >= 0.3 is 0 Å². The molecule has 0 aliphatic heterocycles. The Morgan fingerprint density at radius 3 is 1.18 bits per heavy atom. The molecular formula is C48H89NO6S. The molecule has 328 valence electrons. The quantitative estimate of drug-likeness (QED) is 0.0277. The predicted octanol–water partition coefficient (Wildman–Crippen LogP) is 13.2. The first-order chi connectivity index (χ1) is 27.2. The fourth-order valence-corrected chi connectivity index (χ4v) is 7.69. The van der Waals surface area contributed by atoms with Crippen LogP contribution in [0.2, 0.25) is 0 Å². The number of allylic oxidation sites excluding steroid dienone is 7. The summed E-state index contributed by atoms with van der Waals surface area (Å²) < 4.78 is 32.6. The highest BCUT2D eigenvalue weighted by Gasteiger charge is 2.27. The Morgan fingerprint density at radius 2 is 0.804 bits per heavy atom. The predicted molar refractivity (Wildman–Crippen MR) is 241 cm³/mol. The Balaban J connectivity index is 4.04. The van der Waals surface area contributed by atoms with Crippen molar-refractivity contribution >= 4 is 16.0 Å². The highest BCUT2D eigenvalue weighted by Crippen LogP contribution is 2.14. The van der Waals surface area contributed by atoms with Gasteiger partial charge in [-0.1, -0.05) is 204 Å². The van der Waals surface area contributed by atoms with E-state index in [-0.39, 0.29) is 6.42 Å². The molecule has 7 nitrogen and oxygen atoms in total. The van der Waals surface area contributed by atoms with E-state index in [0.717, 1.165) is 51.4 Å². The van der Waals surface area contributed by atoms with E-state index in [1.54, 1.807) is 6.08 Å². The van der Waals surface area contributed by atoms with Crippen molar-refractivity contribution < 1.29 is 28.0 Å². The molecule has 0 rings (SSSR count). The van der Waals surface area contributed by atoms with E-state index >= 15 is 0 Å². The highest BCUT2D eigenvalue weighted by molar-refractivity contribution is 7.85. The number of aliphatic hydroxyl groups excluding tert-OH is 2. The molecule has 0 bridgehead atoms. The molecule has 0 heterocycles. The molecule has 0 spiro atoms. The molecule has 0 saturated carbocycles. The first kappa shape index (κ1) is 54.3. The summed E-state index contributed by atoms with van der Waals surface area (Å²) >= 11 is 0. The maximum absolute atomic E-state index is 12.6. The number of unbranched alkanes of at least 4 members (excludes halogenated alkanes) is 27. The van der Waals surface area contributed by atoms with E-state index < -0.39 is 40.0 Å². The molecule has 0 aromatic heterocycles. The van der Waals surface area contributed by atoms with E-state index in [4.69, 9.17) is 0 Å². The third-order valence-electron chi connectivity index (χ3n) is 10.6. The average Bonchev–Trinajstić information content (AvgIpc) is 3.17. The highest BCUT2D eigenvalue weighted by atomic mass is 32.2. The van der Waals surface area contributed by atoms with Crippen molar-refractivity contribution in [3.8, 4) is 0 Å². The van der Waals surface area contributed by atoms with Gasteiger partial charge in [0.05, 0.1) is 17.9 Å². The number of hydrogen-bond donors (Lipinski definition) is 4. The van der Waals surface area contributed by atoms with Crippen LogP contribution in [0.5, 0.6) is 0 Å². The normalized spacial score (nSPS) is 14.2. The lowest BCUT2D eigenvalue weighted by Crippen LogP contribution is -2.50. The van der Waals surface area contributed by atoms with Gasteiger partial charge in [-0.15, -0.1) is 0 Å². The van der Waals surface area contributed by atoms with Gasteiger partial charge < -0.3 is 15.5 Å². The smallest absolute Gasteiger partial charge is 0.267 e. The standard InChI is InChI=1S/C48H89NO6S/c1-3-5-7-9-11-13-15-17-19-21-23-25-27-29-31-33-35-37-39-41-43-47(51)48(52)49-45(44-56(53,54)55)46(50)42-40-38-36-34-32-30-28-26-24-22-20-18-16-14-12-10-8-6-4-2/h24-27,32,34,40,42,45-47,50-51H,3-23,28-31,33,35-39,41,43-44H2,1-2H3,(H,49,52)(H,53,54,55)/b26-24+,27-25-,34-32+,42-40+. The lowest BCUT2D eigenvalue weighted by atomic mass is 10.0. The summed E-state index contributed by atoms with van der Waals surface area (Å²) in [5.41, 5.74) is 0. The number of rotatable bonds is 42. The monoisotopic (exact) mass is 808 g/mol. The molecule has 0 aliphatic rings. The molecular weight excluding hydrogens is 719 g/mol. The topological polar surface area (TPSA) is 124 Å². The molecule has 0 fully saturated rings. The maximum Gasteiger partial charge on any atom is 0.267 e. The van der Waals surface area contributed by atoms with Crippen LogP contribution in [-0.2, 0) is 14.9 Å². The molecule has 3 atom stereocenters. The van der Waals surface area contributed by atoms with Crippen LogP contribution in [0.3, 0.4) is 0 Å². The zero-order valence-corrected chi connectivity index (χ0v) is 37.2. The average molecular weight is 808 g/mol. The van der Waals surface area contributed by atoms with Crippen molar-refractivity contribution in [1.29, 1.82) is 0 Å². The molecule has 4 N–H and O–H groups in total. The molecule has 3 unspecified atom stereocenters. The van der Waals surface area contributed by atoms with Gasteiger partial charge in [0.2, 0.25) is 5.91 Å². The minimum absolute atomic E-state index is 0.263. The molecule has 0 saturated heterocycles. The molecule has 0 radical (unpaired) electrons. The zero-order chi connectivity index (χ0) is 41.2. The third-order valence-corrected chi connectivity index (χ3v) is 11.3. The van der Waals surface area contributed by atoms with E-state index in [1.807, 2.05) is 0 Å². The van der Waals surface area contributed by atoms with Crippen LogP contribution in [0.4, 0.5) is 0 Å². The van der Waals surface area contributed by atoms with Gasteiger partial charge in [-0.3, -0.25) is 9.35 Å². The van der Waals surface area contributed by atoms with Gasteiger partial charge in [0.15, 0.2) is 0 Å². The van der Waals surface area contributed by atoms with Crippen molar-refractivity contribution in [2.45, 2.75) is 244 Å². The van der Waals surface area contributed by atoms with Gasteiger partial charge in [-0.2, -0.15) is 8.42 Å². The lowest BCUT2D eigenvalue weighted by Gasteiger charge is -2.22. The SMILES string of the molecule is CCCCCCCCCCC/C=C/CC/C=C/CC/C=C/C(O)C(CS(=O)(=O)O)NC(=O)C(O)CCCCCCCC/C=C\CCCCCCCCCCCC. The minimum Gasteiger partial charge on any atom is -0.387 e. The summed E-state index contributed by atoms with van der Waals surface area (Å²) in [6, 6.07) is -1.26. The number of carbonyl (C=O) groups excluding carboxylic acids is 1. The summed E-state index contributed by atoms with van der Waals surface area (Å²) in [7, 11) is -4.46. The second kappa shape index (κ2) is 41.4. The van der Waals surface area contributed by atoms with Gasteiger partial charge in [-0.25, -0.2) is 0 Å². The van der Waals surface area contributed by atoms with E-state index in [2.05, 4.69) is 55.6 Å². The Hall–Kier alpha value is -1.74. The Bertz CT molecular complexity index is 1090. The van der Waals surface area contributed by atoms with Gasteiger partial charge in [0.25, 0.3) is 10.1 Å². The van der Waals surface area contributed by atoms with Crippen LogP contribution >= 0.6 is 0 Å². The number of hydrogen-bond acceptors (Lipinski definition) is 5. The van der Waals surface area contributed by atoms with E-state index in [0.29, 0.717) is 12.8 Å². The van der Waals surface area contributed by atoms with Crippen LogP contribution in [-0.4, -0.2) is 53.1 Å². The molecule has 8 heteroatoms. The zero-order valence-electron chi connectivity index (χ0n) is 36.4. The minimum atomic E-state index is -4.46. The first-order valence-corrected chi connectivity index (χ1v) is 25.1. The van der Waals surface area contributed by atoms with Crippen LogP contribution in [0.15, 0.2) is 48.6 Å². The molecule has 56 heavy (non-hydrogen) atoms. The second-order valence-electron chi connectivity index (χ2n) is 16.2. The van der Waals surface area contributed by atoms with Gasteiger partial charge in [0.1, 0.15) is 6.10 Å². The fraction of sp³-hybridized carbons (Fsp3) is 0.812. The van der Waals surface area contributed by atoms with Crippen LogP contribution in [0.1, 0.15) is 226 Å². The van der Waals surface area contributed by atoms with Crippen molar-refractivity contribution in [3.63, 3.8) is 0 Å². The summed E-state index contributed by atoms with van der Waals surface area (Å²) in [5.74, 6) is -1.57. The molecule has 0 aromatic rings. The molecule has 1 amide bonds. The van der Waals surface area contributed by atoms with Crippen molar-refractivity contribution in [1.82, 2.24) is 5.32 Å². The fourth-order valence-electron chi connectivity index (χ4n) is 6.95. The molecule has 0 aliphatic carbocycles. The van der Waals surface area contributed by atoms with Crippen LogP contribution < -0.4 is 5.32 Å². The van der Waals surface area contributed by atoms with Crippen LogP contribution in [0.25, 0.3) is 0 Å². The summed E-state index contributed by atoms with van der Waals surface area (Å²) in [6.45, 7) is 4.53. The summed E-state index contributed by atoms with van der Waals surface area (Å²) in [6.07, 6.45) is 53.1. The number of carbonyl (C=O) groups is 1. The summed E-state index contributed by atoms with van der Waals surface area (Å²) in [4.78, 5) is 12.6. The Morgan fingerprint density at radius 1 is 0.482 bits per heavy atom. The van der Waals surface area contributed by atoms with Gasteiger partial charge in [0, 0.05) is 0 Å². The Labute approximate surface area is 346 Å². The number of amides is 1. The molecule has 0 aromatic carbocycles. The third kappa shape index (κ3) is 40.5. The van der Waals surface area contributed by atoms with E-state index in [9.17, 15) is 28.0 Å². The maximum atomic E-state index is 12.6. The van der Waals surface area contributed by atoms with Crippen LogP contribution in [0, 0.1) is 0 Å².